The maximum absolute atomic E-state index is 12.4. The largest absolute Gasteiger partial charge is 0.469 e. The number of amides is 1. The lowest BCUT2D eigenvalue weighted by Crippen LogP contribution is -2.48. The highest BCUT2D eigenvalue weighted by atomic mass is 35.5. The number of methoxy groups -OCH3 is 1. The smallest absolute Gasteiger partial charge is 0.349 e. The number of carbonyl (C=O) groups is 2. The Morgan fingerprint density at radius 3 is 2.65 bits per heavy atom. The second kappa shape index (κ2) is 8.68. The van der Waals surface area contributed by atoms with Crippen LogP contribution in [0.1, 0.15) is 53.3 Å². The molecule has 1 aromatic heterocycles. The van der Waals surface area contributed by atoms with E-state index in [1.807, 2.05) is 0 Å². The summed E-state index contributed by atoms with van der Waals surface area (Å²) >= 11 is 0. The molecule has 8 heteroatoms. The molecule has 1 aliphatic heterocycles. The van der Waals surface area contributed by atoms with Gasteiger partial charge in [-0.1, -0.05) is 0 Å². The van der Waals surface area contributed by atoms with Crippen molar-refractivity contribution in [3.63, 3.8) is 0 Å². The van der Waals surface area contributed by atoms with E-state index in [0.29, 0.717) is 24.2 Å². The van der Waals surface area contributed by atoms with Gasteiger partial charge in [-0.05, 0) is 50.8 Å². The van der Waals surface area contributed by atoms with Crippen molar-refractivity contribution in [2.75, 3.05) is 20.2 Å². The van der Waals surface area contributed by atoms with Gasteiger partial charge in [0.05, 0.1) is 13.0 Å². The summed E-state index contributed by atoms with van der Waals surface area (Å²) in [4.78, 5) is 36.1. The minimum atomic E-state index is -0.595. The summed E-state index contributed by atoms with van der Waals surface area (Å²) in [6, 6.07) is 1.68. The van der Waals surface area contributed by atoms with Crippen molar-refractivity contribution in [3.8, 4) is 0 Å². The van der Waals surface area contributed by atoms with Crippen LogP contribution in [0.25, 0.3) is 0 Å². The van der Waals surface area contributed by atoms with Crippen molar-refractivity contribution >= 4 is 24.3 Å². The molecule has 1 aromatic rings. The van der Waals surface area contributed by atoms with Gasteiger partial charge >= 0.3 is 11.6 Å². The average molecular weight is 385 g/mol. The number of halogens is 1. The fourth-order valence-corrected chi connectivity index (χ4v) is 3.55. The first-order valence-electron chi connectivity index (χ1n) is 8.73. The Bertz CT molecular complexity index is 721. The SMILES string of the molecule is COC(=O)C1CC(NC(=O)c2c(C)cc(C3CCCNC3)oc2=O)C1.Cl. The standard InChI is InChI=1S/C18H24N2O5.ClH/c1-10-6-14(11-4-3-5-19-9-11)25-18(23)15(10)16(21)20-13-7-12(8-13)17(22)24-2;/h6,11-13,19H,3-5,7-9H2,1-2H3,(H,20,21);1H. The van der Waals surface area contributed by atoms with Gasteiger partial charge in [-0.2, -0.15) is 0 Å². The molecule has 2 fully saturated rings. The number of nitrogens with one attached hydrogen (secondary N) is 2. The van der Waals surface area contributed by atoms with Crippen LogP contribution in [0.2, 0.25) is 0 Å². The molecule has 1 saturated carbocycles. The van der Waals surface area contributed by atoms with Crippen LogP contribution >= 0.6 is 12.4 Å². The summed E-state index contributed by atoms with van der Waals surface area (Å²) in [5, 5.41) is 6.09. The first-order valence-corrected chi connectivity index (χ1v) is 8.73. The van der Waals surface area contributed by atoms with Gasteiger partial charge in [-0.15, -0.1) is 12.4 Å². The highest BCUT2D eigenvalue weighted by Crippen LogP contribution is 2.29. The van der Waals surface area contributed by atoms with Crippen molar-refractivity contribution in [3.05, 3.63) is 33.4 Å². The summed E-state index contributed by atoms with van der Waals surface area (Å²) in [6.45, 7) is 3.52. The van der Waals surface area contributed by atoms with Crippen LogP contribution < -0.4 is 16.3 Å². The molecule has 7 nitrogen and oxygen atoms in total. The Balaban J connectivity index is 0.00000243. The van der Waals surface area contributed by atoms with Crippen LogP contribution in [0.4, 0.5) is 0 Å². The van der Waals surface area contributed by atoms with Gasteiger partial charge in [0.1, 0.15) is 11.3 Å². The first-order chi connectivity index (χ1) is 12.0. The van der Waals surface area contributed by atoms with E-state index in [0.717, 1.165) is 25.9 Å². The number of esters is 1. The van der Waals surface area contributed by atoms with Gasteiger partial charge in [0.25, 0.3) is 5.91 Å². The van der Waals surface area contributed by atoms with Gasteiger partial charge in [0.15, 0.2) is 0 Å². The minimum absolute atomic E-state index is 0. The minimum Gasteiger partial charge on any atom is -0.469 e. The van der Waals surface area contributed by atoms with Gasteiger partial charge in [0.2, 0.25) is 0 Å². The quantitative estimate of drug-likeness (QED) is 0.764. The van der Waals surface area contributed by atoms with Crippen LogP contribution in [0.5, 0.6) is 0 Å². The molecule has 0 bridgehead atoms. The molecule has 3 rings (SSSR count). The van der Waals surface area contributed by atoms with E-state index in [2.05, 4.69) is 15.4 Å². The Morgan fingerprint density at radius 1 is 1.35 bits per heavy atom. The molecule has 1 saturated heterocycles. The summed E-state index contributed by atoms with van der Waals surface area (Å²) in [6.07, 6.45) is 3.08. The third-order valence-corrected chi connectivity index (χ3v) is 5.10. The zero-order chi connectivity index (χ0) is 18.0. The predicted molar refractivity (Wildman–Crippen MR) is 97.8 cm³/mol. The summed E-state index contributed by atoms with van der Waals surface area (Å²) in [5.74, 6) is -0.0566. The number of ether oxygens (including phenoxy) is 1. The Morgan fingerprint density at radius 2 is 2.08 bits per heavy atom. The molecule has 26 heavy (non-hydrogen) atoms. The molecule has 1 atom stereocenters. The first kappa shape index (κ1) is 20.5. The van der Waals surface area contributed by atoms with Gasteiger partial charge < -0.3 is 19.8 Å². The van der Waals surface area contributed by atoms with E-state index >= 15 is 0 Å². The molecule has 2 N–H and O–H groups in total. The zero-order valence-electron chi connectivity index (χ0n) is 15.0. The normalized spacial score (nSPS) is 24.8. The molecule has 0 radical (unpaired) electrons. The molecule has 2 aliphatic rings. The predicted octanol–water partition coefficient (Wildman–Crippen LogP) is 1.52. The van der Waals surface area contributed by atoms with Crippen LogP contribution in [-0.2, 0) is 9.53 Å². The fourth-order valence-electron chi connectivity index (χ4n) is 3.55. The number of piperidine rings is 1. The second-order valence-electron chi connectivity index (χ2n) is 6.90. The molecule has 0 aromatic carbocycles. The van der Waals surface area contributed by atoms with Crippen LogP contribution in [-0.4, -0.2) is 38.1 Å². The highest BCUT2D eigenvalue weighted by Gasteiger charge is 2.36. The third kappa shape index (κ3) is 4.27. The van der Waals surface area contributed by atoms with Gasteiger partial charge in [-0.25, -0.2) is 4.79 Å². The van der Waals surface area contributed by atoms with Crippen molar-refractivity contribution in [1.29, 1.82) is 0 Å². The number of carbonyl (C=O) groups excluding carboxylic acids is 2. The number of hydrogen-bond donors (Lipinski definition) is 2. The van der Waals surface area contributed by atoms with Crippen LogP contribution in [0.3, 0.4) is 0 Å². The van der Waals surface area contributed by atoms with E-state index in [-0.39, 0.29) is 41.8 Å². The topological polar surface area (TPSA) is 97.6 Å². The van der Waals surface area contributed by atoms with Crippen molar-refractivity contribution in [1.82, 2.24) is 10.6 Å². The summed E-state index contributed by atoms with van der Waals surface area (Å²) in [5.41, 5.74) is 0.0779. The van der Waals surface area contributed by atoms with E-state index in [1.54, 1.807) is 13.0 Å². The van der Waals surface area contributed by atoms with Gasteiger partial charge in [0, 0.05) is 18.5 Å². The summed E-state index contributed by atoms with van der Waals surface area (Å²) < 4.78 is 10.1. The van der Waals surface area contributed by atoms with Crippen LogP contribution in [0.15, 0.2) is 15.3 Å². The van der Waals surface area contributed by atoms with E-state index in [4.69, 9.17) is 4.42 Å². The molecule has 1 unspecified atom stereocenters. The molecule has 2 heterocycles. The lowest BCUT2D eigenvalue weighted by molar-refractivity contribution is -0.149. The molecule has 144 valence electrons. The highest BCUT2D eigenvalue weighted by molar-refractivity contribution is 5.95. The van der Waals surface area contributed by atoms with Crippen molar-refractivity contribution in [2.45, 2.75) is 44.6 Å². The maximum atomic E-state index is 12.4. The Kier molecular flexibility index (Phi) is 6.83. The number of rotatable bonds is 4. The Labute approximate surface area is 158 Å². The number of hydrogen-bond acceptors (Lipinski definition) is 6. The monoisotopic (exact) mass is 384 g/mol. The number of aryl methyl sites for hydroxylation is 1. The molecule has 0 spiro atoms. The van der Waals surface area contributed by atoms with E-state index < -0.39 is 11.5 Å². The maximum Gasteiger partial charge on any atom is 0.349 e. The molecular weight excluding hydrogens is 360 g/mol. The molecular formula is C18H25ClN2O5. The fraction of sp³-hybridized carbons (Fsp3) is 0.611. The van der Waals surface area contributed by atoms with Crippen molar-refractivity contribution in [2.24, 2.45) is 5.92 Å². The second-order valence-corrected chi connectivity index (χ2v) is 6.90. The van der Waals surface area contributed by atoms with E-state index in [1.165, 1.54) is 7.11 Å². The molecule has 1 aliphatic carbocycles. The average Bonchev–Trinajstić information content (AvgIpc) is 2.57. The molecule has 1 amide bonds. The zero-order valence-corrected chi connectivity index (χ0v) is 15.8. The lowest BCUT2D eigenvalue weighted by atomic mass is 9.80. The lowest BCUT2D eigenvalue weighted by Gasteiger charge is -2.33. The van der Waals surface area contributed by atoms with Crippen LogP contribution in [0, 0.1) is 12.8 Å². The van der Waals surface area contributed by atoms with Crippen molar-refractivity contribution < 1.29 is 18.7 Å². The Hall–Kier alpha value is -1.86. The van der Waals surface area contributed by atoms with Gasteiger partial charge in [-0.3, -0.25) is 9.59 Å². The summed E-state index contributed by atoms with van der Waals surface area (Å²) in [7, 11) is 1.35. The van der Waals surface area contributed by atoms with E-state index in [9.17, 15) is 14.4 Å². The third-order valence-electron chi connectivity index (χ3n) is 5.10.